The highest BCUT2D eigenvalue weighted by Crippen LogP contribution is 2.38. The highest BCUT2D eigenvalue weighted by molar-refractivity contribution is 6.80. The predicted molar refractivity (Wildman–Crippen MR) is 71.0 cm³/mol. The van der Waals surface area contributed by atoms with Gasteiger partial charge in [-0.05, 0) is 29.8 Å². The molecule has 80 valence electrons. The number of hydrogen-bond donors (Lipinski definition) is 0. The van der Waals surface area contributed by atoms with Crippen LogP contribution in [0.15, 0.2) is 24.3 Å². The Hall–Kier alpha value is -0.823. The number of hydrogen-bond acceptors (Lipinski definition) is 0. The van der Waals surface area contributed by atoms with E-state index in [0.717, 1.165) is 5.54 Å². The fraction of sp³-hybridized carbons (Fsp3) is 0.429. The first-order valence-corrected chi connectivity index (χ1v) is 9.27. The van der Waals surface area contributed by atoms with Crippen molar-refractivity contribution in [2.45, 2.75) is 39.0 Å². The lowest BCUT2D eigenvalue weighted by Gasteiger charge is -2.28. The summed E-state index contributed by atoms with van der Waals surface area (Å²) < 4.78 is 0. The molecule has 0 unspecified atom stereocenters. The highest BCUT2D eigenvalue weighted by atomic mass is 28.3. The molecular formula is C14H20Si. The first-order valence-electron chi connectivity index (χ1n) is 5.69. The normalized spacial score (nSPS) is 17.1. The summed E-state index contributed by atoms with van der Waals surface area (Å²) in [6, 6.07) is 8.85. The van der Waals surface area contributed by atoms with Crippen molar-refractivity contribution in [3.63, 3.8) is 0 Å². The molecule has 0 N–H and O–H groups in total. The average Bonchev–Trinajstić information content (AvgIpc) is 2.39. The minimum absolute atomic E-state index is 0.745. The number of benzene rings is 1. The van der Waals surface area contributed by atoms with Crippen molar-refractivity contribution in [3.8, 4) is 0 Å². The summed E-state index contributed by atoms with van der Waals surface area (Å²) in [5.74, 6) is 0. The molecule has 0 radical (unpaired) electrons. The minimum atomic E-state index is -1.12. The largest absolute Gasteiger partial charge is 0.0688 e. The van der Waals surface area contributed by atoms with Gasteiger partial charge in [0.05, 0.1) is 8.07 Å². The van der Waals surface area contributed by atoms with E-state index in [-0.39, 0.29) is 0 Å². The fourth-order valence-electron chi connectivity index (χ4n) is 3.11. The smallest absolute Gasteiger partial charge is 0.0565 e. The maximum atomic E-state index is 2.47. The topological polar surface area (TPSA) is 0 Å². The Balaban J connectivity index is 2.77. The third-order valence-electron chi connectivity index (χ3n) is 3.51. The molecule has 1 aliphatic rings. The third-order valence-corrected chi connectivity index (χ3v) is 6.11. The van der Waals surface area contributed by atoms with Crippen LogP contribution in [0, 0.1) is 0 Å². The molecule has 0 atom stereocenters. The average molecular weight is 216 g/mol. The van der Waals surface area contributed by atoms with E-state index in [9.17, 15) is 0 Å². The molecule has 1 aliphatic carbocycles. The molecule has 0 bridgehead atoms. The van der Waals surface area contributed by atoms with Crippen LogP contribution in [0.4, 0.5) is 0 Å². The van der Waals surface area contributed by atoms with E-state index in [4.69, 9.17) is 0 Å². The standard InChI is InChI=1S/C14H20Si/c1-10-12-8-6-7-9-13(12)11(2)14(10)15(3,4)5/h6-9,14H,1-5H3. The van der Waals surface area contributed by atoms with Crippen LogP contribution in [0.3, 0.4) is 0 Å². The van der Waals surface area contributed by atoms with Gasteiger partial charge < -0.3 is 0 Å². The van der Waals surface area contributed by atoms with Gasteiger partial charge in [0.2, 0.25) is 0 Å². The molecule has 0 nitrogen and oxygen atoms in total. The van der Waals surface area contributed by atoms with Crippen LogP contribution in [0.2, 0.25) is 25.2 Å². The van der Waals surface area contributed by atoms with Crippen molar-refractivity contribution in [3.05, 3.63) is 34.7 Å². The van der Waals surface area contributed by atoms with E-state index in [2.05, 4.69) is 57.8 Å². The summed E-state index contributed by atoms with van der Waals surface area (Å²) in [5, 5.41) is 2.98. The van der Waals surface area contributed by atoms with Gasteiger partial charge in [-0.1, -0.05) is 55.1 Å². The van der Waals surface area contributed by atoms with Crippen LogP contribution >= 0.6 is 0 Å². The molecule has 1 aromatic rings. The summed E-state index contributed by atoms with van der Waals surface area (Å²) in [7, 11) is -1.12. The molecule has 1 aromatic carbocycles. The van der Waals surface area contributed by atoms with Gasteiger partial charge in [-0.3, -0.25) is 0 Å². The maximum Gasteiger partial charge on any atom is 0.0565 e. The fourth-order valence-corrected chi connectivity index (χ4v) is 6.01. The van der Waals surface area contributed by atoms with Crippen molar-refractivity contribution < 1.29 is 0 Å². The van der Waals surface area contributed by atoms with Gasteiger partial charge in [-0.2, -0.15) is 0 Å². The second kappa shape index (κ2) is 3.34. The first kappa shape index (κ1) is 10.7. The third kappa shape index (κ3) is 1.59. The number of rotatable bonds is 1. The zero-order chi connectivity index (χ0) is 11.2. The van der Waals surface area contributed by atoms with E-state index in [0.29, 0.717) is 0 Å². The van der Waals surface area contributed by atoms with Crippen LogP contribution in [0.5, 0.6) is 0 Å². The maximum absolute atomic E-state index is 2.47. The predicted octanol–water partition coefficient (Wildman–Crippen LogP) is 2.75. The molecule has 0 saturated heterocycles. The lowest BCUT2D eigenvalue weighted by atomic mass is 10.1. The molecule has 0 amide bonds. The molecule has 1 heteroatoms. The van der Waals surface area contributed by atoms with Crippen molar-refractivity contribution in [1.82, 2.24) is 0 Å². The van der Waals surface area contributed by atoms with Gasteiger partial charge >= 0.3 is 0 Å². The monoisotopic (exact) mass is 216 g/mol. The lowest BCUT2D eigenvalue weighted by Crippen LogP contribution is -2.28. The van der Waals surface area contributed by atoms with E-state index in [1.165, 1.54) is 10.4 Å². The lowest BCUT2D eigenvalue weighted by molar-refractivity contribution is 1.27. The van der Waals surface area contributed by atoms with Crippen LogP contribution in [-0.4, -0.2) is 8.07 Å². The van der Waals surface area contributed by atoms with Crippen molar-refractivity contribution in [1.29, 1.82) is 0 Å². The van der Waals surface area contributed by atoms with E-state index in [1.807, 2.05) is 0 Å². The summed E-state index contributed by atoms with van der Waals surface area (Å²) in [6.45, 7) is 12.0. The van der Waals surface area contributed by atoms with Gasteiger partial charge in [0, 0.05) is 0 Å². The Morgan fingerprint density at radius 1 is 0.867 bits per heavy atom. The van der Waals surface area contributed by atoms with Crippen LogP contribution < -0.4 is 10.4 Å². The van der Waals surface area contributed by atoms with Gasteiger partial charge in [0.1, 0.15) is 0 Å². The summed E-state index contributed by atoms with van der Waals surface area (Å²) in [5.41, 5.74) is 3.94. The summed E-state index contributed by atoms with van der Waals surface area (Å²) in [4.78, 5) is 0. The quantitative estimate of drug-likeness (QED) is 0.633. The molecule has 0 fully saturated rings. The Labute approximate surface area is 93.3 Å². The SMILES string of the molecule is CC1=c2ccccc2=C(C)C1[Si](C)(C)C. The zero-order valence-electron chi connectivity index (χ0n) is 10.4. The van der Waals surface area contributed by atoms with Crippen LogP contribution in [-0.2, 0) is 0 Å². The van der Waals surface area contributed by atoms with E-state index in [1.54, 1.807) is 11.1 Å². The number of fused-ring (bicyclic) bond motifs is 1. The molecule has 0 saturated carbocycles. The van der Waals surface area contributed by atoms with Crippen molar-refractivity contribution in [2.24, 2.45) is 0 Å². The van der Waals surface area contributed by atoms with Gasteiger partial charge in [-0.25, -0.2) is 0 Å². The molecule has 15 heavy (non-hydrogen) atoms. The summed E-state index contributed by atoms with van der Waals surface area (Å²) in [6.07, 6.45) is 0. The van der Waals surface area contributed by atoms with E-state index >= 15 is 0 Å². The van der Waals surface area contributed by atoms with E-state index < -0.39 is 8.07 Å². The van der Waals surface area contributed by atoms with Crippen LogP contribution in [0.1, 0.15) is 13.8 Å². The second-order valence-corrected chi connectivity index (χ2v) is 11.0. The zero-order valence-corrected chi connectivity index (χ0v) is 11.4. The molecular weight excluding hydrogens is 196 g/mol. The first-order chi connectivity index (χ1) is 6.93. The molecule has 0 aromatic heterocycles. The van der Waals surface area contributed by atoms with Crippen LogP contribution in [0.25, 0.3) is 11.1 Å². The summed E-state index contributed by atoms with van der Waals surface area (Å²) >= 11 is 0. The van der Waals surface area contributed by atoms with Crippen molar-refractivity contribution >= 4 is 19.2 Å². The Bertz CT molecular complexity index is 462. The van der Waals surface area contributed by atoms with Gasteiger partial charge in [0.15, 0.2) is 0 Å². The van der Waals surface area contributed by atoms with Gasteiger partial charge in [0.25, 0.3) is 0 Å². The highest BCUT2D eigenvalue weighted by Gasteiger charge is 2.32. The Kier molecular flexibility index (Phi) is 2.38. The van der Waals surface area contributed by atoms with Gasteiger partial charge in [-0.15, -0.1) is 0 Å². The molecule has 0 spiro atoms. The molecule has 0 aliphatic heterocycles. The minimum Gasteiger partial charge on any atom is -0.0688 e. The second-order valence-electron chi connectivity index (χ2n) is 5.71. The Morgan fingerprint density at radius 3 is 1.60 bits per heavy atom. The molecule has 0 heterocycles. The molecule has 2 rings (SSSR count). The Morgan fingerprint density at radius 2 is 1.27 bits per heavy atom. The van der Waals surface area contributed by atoms with Crippen molar-refractivity contribution in [2.75, 3.05) is 0 Å².